The average molecular weight is 317 g/mol. The Balaban J connectivity index is 1.63. The number of rotatable bonds is 5. The zero-order chi connectivity index (χ0) is 15.5. The van der Waals surface area contributed by atoms with E-state index in [-0.39, 0.29) is 17.7 Å². The molecule has 0 saturated carbocycles. The minimum atomic E-state index is -0.160. The van der Waals surface area contributed by atoms with E-state index in [2.05, 4.69) is 20.4 Å². The molecule has 3 rings (SSSR count). The number of hydrogen-bond donors (Lipinski definition) is 1. The number of fused-ring (bicyclic) bond motifs is 1. The lowest BCUT2D eigenvalue weighted by atomic mass is 10.2. The molecule has 1 amide bonds. The third-order valence-corrected chi connectivity index (χ3v) is 4.19. The number of aromatic nitrogens is 4. The van der Waals surface area contributed by atoms with E-state index in [4.69, 9.17) is 4.42 Å². The number of thioether (sulfide) groups is 1. The molecule has 114 valence electrons. The van der Waals surface area contributed by atoms with Crippen LogP contribution in [0.25, 0.3) is 11.0 Å². The molecule has 22 heavy (non-hydrogen) atoms. The molecule has 0 aliphatic heterocycles. The Hall–Kier alpha value is -2.35. The third kappa shape index (κ3) is 2.96. The molecule has 8 heteroatoms. The highest BCUT2D eigenvalue weighted by Gasteiger charge is 2.14. The first-order valence-electron chi connectivity index (χ1n) is 6.73. The molecule has 3 aromatic rings. The van der Waals surface area contributed by atoms with Crippen LogP contribution in [0.2, 0.25) is 0 Å². The Morgan fingerprint density at radius 1 is 1.50 bits per heavy atom. The second-order valence-corrected chi connectivity index (χ2v) is 5.74. The predicted molar refractivity (Wildman–Crippen MR) is 82.3 cm³/mol. The Morgan fingerprint density at radius 2 is 2.36 bits per heavy atom. The molecule has 0 bridgehead atoms. The van der Waals surface area contributed by atoms with Gasteiger partial charge < -0.3 is 9.73 Å². The summed E-state index contributed by atoms with van der Waals surface area (Å²) in [5.41, 5.74) is 0.752. The fourth-order valence-electron chi connectivity index (χ4n) is 2.08. The van der Waals surface area contributed by atoms with Crippen LogP contribution in [-0.2, 0) is 11.8 Å². The summed E-state index contributed by atoms with van der Waals surface area (Å²) in [6.45, 7) is 1.88. The van der Waals surface area contributed by atoms with Gasteiger partial charge in [0.25, 0.3) is 0 Å². The predicted octanol–water partition coefficient (Wildman–Crippen LogP) is 1.93. The van der Waals surface area contributed by atoms with E-state index in [1.807, 2.05) is 20.0 Å². The summed E-state index contributed by atoms with van der Waals surface area (Å²) in [6, 6.07) is 3.47. The van der Waals surface area contributed by atoms with Crippen molar-refractivity contribution < 1.29 is 9.21 Å². The lowest BCUT2D eigenvalue weighted by Gasteiger charge is -2.11. The van der Waals surface area contributed by atoms with Crippen molar-refractivity contribution >= 4 is 28.7 Å². The average Bonchev–Trinajstić information content (AvgIpc) is 3.16. The maximum atomic E-state index is 12.0. The van der Waals surface area contributed by atoms with Gasteiger partial charge in [-0.25, -0.2) is 9.97 Å². The fourth-order valence-corrected chi connectivity index (χ4v) is 2.85. The number of furan rings is 1. The molecular weight excluding hydrogens is 302 g/mol. The van der Waals surface area contributed by atoms with Crippen LogP contribution in [0.1, 0.15) is 18.7 Å². The van der Waals surface area contributed by atoms with Gasteiger partial charge in [-0.15, -0.1) is 0 Å². The molecule has 0 spiro atoms. The van der Waals surface area contributed by atoms with E-state index in [0.717, 1.165) is 21.8 Å². The smallest absolute Gasteiger partial charge is 0.230 e. The molecule has 3 heterocycles. The maximum Gasteiger partial charge on any atom is 0.230 e. The molecule has 0 saturated heterocycles. The Kier molecular flexibility index (Phi) is 4.10. The summed E-state index contributed by atoms with van der Waals surface area (Å²) in [4.78, 5) is 20.4. The third-order valence-electron chi connectivity index (χ3n) is 3.18. The summed E-state index contributed by atoms with van der Waals surface area (Å²) in [6.07, 6.45) is 4.78. The highest BCUT2D eigenvalue weighted by atomic mass is 32.2. The second kappa shape index (κ2) is 6.18. The van der Waals surface area contributed by atoms with Crippen molar-refractivity contribution in [1.29, 1.82) is 0 Å². The molecule has 0 aromatic carbocycles. The summed E-state index contributed by atoms with van der Waals surface area (Å²) in [5.74, 6) is 0.922. The molecule has 1 N–H and O–H groups in total. The van der Waals surface area contributed by atoms with Crippen LogP contribution in [0.3, 0.4) is 0 Å². The van der Waals surface area contributed by atoms with E-state index in [1.54, 1.807) is 23.2 Å². The largest absolute Gasteiger partial charge is 0.467 e. The fraction of sp³-hybridized carbons (Fsp3) is 0.286. The maximum absolute atomic E-state index is 12.0. The Labute approximate surface area is 131 Å². The van der Waals surface area contributed by atoms with Gasteiger partial charge in [0, 0.05) is 7.05 Å². The molecule has 0 radical (unpaired) electrons. The topological polar surface area (TPSA) is 85.8 Å². The number of nitrogens with one attached hydrogen (secondary N) is 1. The minimum Gasteiger partial charge on any atom is -0.467 e. The van der Waals surface area contributed by atoms with Gasteiger partial charge in [-0.2, -0.15) is 5.10 Å². The number of carbonyl (C=O) groups excluding carboxylic acids is 1. The SMILES string of the molecule is CC(NC(=O)CSc1ncnc2c1cnn2C)c1ccco1. The summed E-state index contributed by atoms with van der Waals surface area (Å²) < 4.78 is 6.95. The van der Waals surface area contributed by atoms with Gasteiger partial charge in [0.05, 0.1) is 29.6 Å². The van der Waals surface area contributed by atoms with Crippen LogP contribution in [0, 0.1) is 0 Å². The molecule has 3 aromatic heterocycles. The number of aryl methyl sites for hydroxylation is 1. The lowest BCUT2D eigenvalue weighted by Crippen LogP contribution is -2.27. The zero-order valence-electron chi connectivity index (χ0n) is 12.2. The van der Waals surface area contributed by atoms with E-state index < -0.39 is 0 Å². The van der Waals surface area contributed by atoms with E-state index in [0.29, 0.717) is 0 Å². The lowest BCUT2D eigenvalue weighted by molar-refractivity contribution is -0.119. The molecular formula is C14H15N5O2S. The monoisotopic (exact) mass is 317 g/mol. The summed E-state index contributed by atoms with van der Waals surface area (Å²) >= 11 is 1.36. The van der Waals surface area contributed by atoms with Gasteiger partial charge in [0.2, 0.25) is 5.91 Å². The normalized spacial score (nSPS) is 12.5. The Morgan fingerprint density at radius 3 is 3.14 bits per heavy atom. The van der Waals surface area contributed by atoms with Gasteiger partial charge >= 0.3 is 0 Å². The highest BCUT2D eigenvalue weighted by molar-refractivity contribution is 8.00. The molecule has 1 atom stereocenters. The van der Waals surface area contributed by atoms with Crippen molar-refractivity contribution in [2.75, 3.05) is 5.75 Å². The number of amides is 1. The van der Waals surface area contributed by atoms with Crippen molar-refractivity contribution in [1.82, 2.24) is 25.1 Å². The summed E-state index contributed by atoms with van der Waals surface area (Å²) in [7, 11) is 1.82. The van der Waals surface area contributed by atoms with Crippen LogP contribution >= 0.6 is 11.8 Å². The highest BCUT2D eigenvalue weighted by Crippen LogP contribution is 2.23. The second-order valence-electron chi connectivity index (χ2n) is 4.78. The van der Waals surface area contributed by atoms with Gasteiger partial charge in [0.1, 0.15) is 17.1 Å². The Bertz CT molecular complexity index is 784. The van der Waals surface area contributed by atoms with Gasteiger partial charge in [-0.3, -0.25) is 9.48 Å². The molecule has 0 aliphatic carbocycles. The van der Waals surface area contributed by atoms with Gasteiger partial charge in [-0.05, 0) is 19.1 Å². The van der Waals surface area contributed by atoms with Gasteiger partial charge in [-0.1, -0.05) is 11.8 Å². The molecule has 0 fully saturated rings. The van der Waals surface area contributed by atoms with Crippen LogP contribution in [-0.4, -0.2) is 31.4 Å². The number of carbonyl (C=O) groups is 1. The first-order chi connectivity index (χ1) is 10.6. The molecule has 7 nitrogen and oxygen atoms in total. The standard InChI is InChI=1S/C14H15N5O2S/c1-9(11-4-3-5-21-11)18-12(20)7-22-14-10-6-17-19(2)13(10)15-8-16-14/h3-6,8-9H,7H2,1-2H3,(H,18,20). The first-order valence-corrected chi connectivity index (χ1v) is 7.72. The minimum absolute atomic E-state index is 0.0791. The quantitative estimate of drug-likeness (QED) is 0.571. The van der Waals surface area contributed by atoms with E-state index >= 15 is 0 Å². The summed E-state index contributed by atoms with van der Waals surface area (Å²) in [5, 5.41) is 8.64. The van der Waals surface area contributed by atoms with Crippen LogP contribution < -0.4 is 5.32 Å². The number of nitrogens with zero attached hydrogens (tertiary/aromatic N) is 4. The van der Waals surface area contributed by atoms with Crippen LogP contribution in [0.15, 0.2) is 40.4 Å². The van der Waals surface area contributed by atoms with Crippen molar-refractivity contribution in [2.24, 2.45) is 7.05 Å². The molecule has 0 aliphatic rings. The first kappa shape index (κ1) is 14.6. The van der Waals surface area contributed by atoms with Crippen LogP contribution in [0.5, 0.6) is 0 Å². The van der Waals surface area contributed by atoms with Crippen molar-refractivity contribution in [3.05, 3.63) is 36.7 Å². The molecule has 1 unspecified atom stereocenters. The van der Waals surface area contributed by atoms with Crippen LogP contribution in [0.4, 0.5) is 0 Å². The van der Waals surface area contributed by atoms with Crippen molar-refractivity contribution in [2.45, 2.75) is 18.0 Å². The van der Waals surface area contributed by atoms with Crippen molar-refractivity contribution in [3.63, 3.8) is 0 Å². The van der Waals surface area contributed by atoms with Gasteiger partial charge in [0.15, 0.2) is 5.65 Å². The van der Waals surface area contributed by atoms with E-state index in [1.165, 1.54) is 18.1 Å². The zero-order valence-corrected chi connectivity index (χ0v) is 13.0. The van der Waals surface area contributed by atoms with E-state index in [9.17, 15) is 4.79 Å². The van der Waals surface area contributed by atoms with Crippen molar-refractivity contribution in [3.8, 4) is 0 Å². The number of hydrogen-bond acceptors (Lipinski definition) is 6.